The smallest absolute Gasteiger partial charge is 0.326 e. The lowest BCUT2D eigenvalue weighted by Crippen LogP contribution is -2.61. The van der Waals surface area contributed by atoms with Gasteiger partial charge in [-0.15, -0.1) is 0 Å². The topological polar surface area (TPSA) is 451 Å². The first-order valence-corrected chi connectivity index (χ1v) is 25.3. The highest BCUT2D eigenvalue weighted by Crippen LogP contribution is 2.23. The summed E-state index contributed by atoms with van der Waals surface area (Å²) in [6.45, 7) is 8.94. The van der Waals surface area contributed by atoms with Crippen molar-refractivity contribution in [2.45, 2.75) is 160 Å². The fraction of sp³-hybridized carbons (Fsp3) is 0.612. The maximum Gasteiger partial charge on any atom is 0.326 e. The molecule has 27 heteroatoms. The van der Waals surface area contributed by atoms with Crippen molar-refractivity contribution >= 4 is 76.0 Å². The van der Waals surface area contributed by atoms with Crippen LogP contribution in [-0.4, -0.2) is 170 Å². The normalized spacial score (nSPS) is 16.9. The third kappa shape index (κ3) is 20.0. The molecule has 0 bridgehead atoms. The molecule has 422 valence electrons. The van der Waals surface area contributed by atoms with Gasteiger partial charge in [0.25, 0.3) is 0 Å². The fourth-order valence-corrected chi connectivity index (χ4v) is 8.47. The molecule has 1 aliphatic rings. The number of aromatic nitrogens is 1. The molecule has 76 heavy (non-hydrogen) atoms. The van der Waals surface area contributed by atoms with Crippen LogP contribution in [-0.2, 0) is 54.4 Å². The number of carbonyl (C=O) groups is 10. The zero-order chi connectivity index (χ0) is 57.0. The van der Waals surface area contributed by atoms with E-state index in [1.807, 2.05) is 6.07 Å². The van der Waals surface area contributed by atoms with Crippen molar-refractivity contribution in [2.24, 2.45) is 39.8 Å². The van der Waals surface area contributed by atoms with Crippen LogP contribution in [0.3, 0.4) is 0 Å². The zero-order valence-corrected chi connectivity index (χ0v) is 43.9. The number of carboxylic acid groups (broad SMARTS) is 1. The van der Waals surface area contributed by atoms with Gasteiger partial charge < -0.3 is 85.4 Å². The van der Waals surface area contributed by atoms with Gasteiger partial charge in [0.05, 0.1) is 24.8 Å². The Morgan fingerprint density at radius 1 is 0.724 bits per heavy atom. The van der Waals surface area contributed by atoms with E-state index in [1.54, 1.807) is 52.1 Å². The Morgan fingerprint density at radius 2 is 1.30 bits per heavy atom. The molecule has 10 atom stereocenters. The molecule has 2 heterocycles. The number of aliphatic imine (C=N–C) groups is 1. The molecule has 1 aliphatic heterocycles. The molecule has 0 aliphatic carbocycles. The molecule has 0 radical (unpaired) electrons. The number of aliphatic carboxylic acids is 1. The summed E-state index contributed by atoms with van der Waals surface area (Å²) in [6, 6.07) is -3.72. The largest absolute Gasteiger partial charge is 0.480 e. The van der Waals surface area contributed by atoms with Gasteiger partial charge in [-0.25, -0.2) is 4.79 Å². The number of likely N-dealkylation sites (tertiary alicyclic amines) is 1. The second kappa shape index (κ2) is 30.2. The van der Waals surface area contributed by atoms with Crippen LogP contribution < -0.4 is 60.2 Å². The molecule has 1 aromatic heterocycles. The van der Waals surface area contributed by atoms with Crippen molar-refractivity contribution < 1.29 is 63.3 Å². The predicted molar refractivity (Wildman–Crippen MR) is 278 cm³/mol. The van der Waals surface area contributed by atoms with E-state index in [0.717, 1.165) is 10.9 Å². The fourth-order valence-electron chi connectivity index (χ4n) is 8.47. The third-order valence-electron chi connectivity index (χ3n) is 12.4. The number of nitrogens with one attached hydrogen (secondary N) is 8. The number of hydrogen-bond acceptors (Lipinski definition) is 14. The van der Waals surface area contributed by atoms with Gasteiger partial charge in [0.1, 0.15) is 42.3 Å². The Kier molecular flexibility index (Phi) is 25.0. The van der Waals surface area contributed by atoms with E-state index < -0.39 is 126 Å². The van der Waals surface area contributed by atoms with E-state index in [9.17, 15) is 63.3 Å². The van der Waals surface area contributed by atoms with E-state index >= 15 is 0 Å². The number of benzene rings is 1. The highest BCUT2D eigenvalue weighted by atomic mass is 16.4. The van der Waals surface area contributed by atoms with Crippen LogP contribution in [0.5, 0.6) is 0 Å². The number of aromatic amines is 1. The van der Waals surface area contributed by atoms with Crippen LogP contribution in [0.25, 0.3) is 10.9 Å². The molecule has 27 nitrogen and oxygen atoms in total. The molecule has 9 amide bonds. The number of nitrogens with zero attached hydrogens (tertiary/aromatic N) is 2. The molecular weight excluding hydrogens is 993 g/mol. The van der Waals surface area contributed by atoms with Crippen LogP contribution in [0.15, 0.2) is 35.5 Å². The van der Waals surface area contributed by atoms with E-state index in [-0.39, 0.29) is 75.8 Å². The number of carboxylic acids is 1. The first-order valence-electron chi connectivity index (χ1n) is 25.3. The molecule has 1 fully saturated rings. The van der Waals surface area contributed by atoms with Gasteiger partial charge >= 0.3 is 5.97 Å². The van der Waals surface area contributed by atoms with Gasteiger partial charge in [-0.1, -0.05) is 45.9 Å². The molecule has 1 saturated heterocycles. The Bertz CT molecular complexity index is 2390. The van der Waals surface area contributed by atoms with Crippen LogP contribution in [0, 0.1) is 11.8 Å². The summed E-state index contributed by atoms with van der Waals surface area (Å²) in [5.41, 5.74) is 23.6. The minimum absolute atomic E-state index is 0.0585. The average molecular weight is 1070 g/mol. The zero-order valence-electron chi connectivity index (χ0n) is 43.9. The van der Waals surface area contributed by atoms with Crippen molar-refractivity contribution in [1.82, 2.24) is 47.1 Å². The third-order valence-corrected chi connectivity index (χ3v) is 12.4. The van der Waals surface area contributed by atoms with Crippen molar-refractivity contribution in [2.75, 3.05) is 19.6 Å². The van der Waals surface area contributed by atoms with Gasteiger partial charge in [0, 0.05) is 43.0 Å². The van der Waals surface area contributed by atoms with Gasteiger partial charge in [0.2, 0.25) is 53.2 Å². The Labute approximate surface area is 440 Å². The quantitative estimate of drug-likeness (QED) is 0.0196. The first kappa shape index (κ1) is 62.9. The van der Waals surface area contributed by atoms with E-state index in [2.05, 4.69) is 47.2 Å². The Hall–Kier alpha value is -7.39. The minimum Gasteiger partial charge on any atom is -0.480 e. The van der Waals surface area contributed by atoms with E-state index in [4.69, 9.17) is 22.9 Å². The minimum atomic E-state index is -1.66. The van der Waals surface area contributed by atoms with E-state index in [0.29, 0.717) is 18.4 Å². The molecule has 0 unspecified atom stereocenters. The monoisotopic (exact) mass is 1070 g/mol. The molecule has 0 saturated carbocycles. The summed E-state index contributed by atoms with van der Waals surface area (Å²) in [6.07, 6.45) is -1.01. The Balaban J connectivity index is 1.82. The standard InChI is InChI=1S/C49H78N14O13/c1-24(2)19-34(47(74)63-18-10-14-36(63)44(71)62-39(26(5)64)45(72)56-23-38(67)61-40(27(6)65)46(73)60-35(48(75)76)20-25(3)4)59-43(70)33(21-28-22-55-31-13-8-7-11-29(28)31)58-42(69)32(15-16-37(51)66)57-41(68)30(50)12-9-17-54-49(52)53/h7-8,11,13,22,24-27,30,32-36,39-40,55,64-65H,9-10,12,14-21,23,50H2,1-6H3,(H2,51,66)(H,56,72)(H,57,68)(H,58,69)(H,59,70)(H,60,73)(H,61,67)(H,62,71)(H,75,76)(H4,52,53,54)/t26-,27-,30+,32+,33+,34+,35+,36+,39+,40+/m1/s1. The maximum absolute atomic E-state index is 14.6. The predicted octanol–water partition coefficient (Wildman–Crippen LogP) is -3.69. The second-order valence-corrected chi connectivity index (χ2v) is 19.9. The summed E-state index contributed by atoms with van der Waals surface area (Å²) in [5, 5.41) is 48.4. The number of aliphatic hydroxyl groups excluding tert-OH is 2. The SMILES string of the molecule is CC(C)C[C@H](NC(=O)[C@@H](NC(=O)CNC(=O)[C@@H](NC(=O)[C@@H]1CCCN1C(=O)[C@H](CC(C)C)NC(=O)[C@H](Cc1c[nH]c2ccccc12)NC(=O)[C@H](CCC(N)=O)NC(=O)[C@@H](N)CCCN=C(N)N)[C@@H](C)O)[C@@H](C)O)C(=O)O. The lowest BCUT2D eigenvalue weighted by Gasteiger charge is -2.32. The van der Waals surface area contributed by atoms with Crippen molar-refractivity contribution in [3.8, 4) is 0 Å². The van der Waals surface area contributed by atoms with Crippen molar-refractivity contribution in [1.29, 1.82) is 0 Å². The number of primary amides is 1. The molecule has 3 rings (SSSR count). The van der Waals surface area contributed by atoms with Gasteiger partial charge in [-0.05, 0) is 82.3 Å². The van der Waals surface area contributed by atoms with Crippen molar-refractivity contribution in [3.05, 3.63) is 36.0 Å². The van der Waals surface area contributed by atoms with Crippen LogP contribution in [0.1, 0.15) is 98.5 Å². The number of carbonyl (C=O) groups excluding carboxylic acids is 9. The molecule has 1 aromatic carbocycles. The number of amides is 9. The summed E-state index contributed by atoms with van der Waals surface area (Å²) < 4.78 is 0. The van der Waals surface area contributed by atoms with Gasteiger partial charge in [-0.3, -0.25) is 48.1 Å². The summed E-state index contributed by atoms with van der Waals surface area (Å²) >= 11 is 0. The lowest BCUT2D eigenvalue weighted by atomic mass is 9.99. The van der Waals surface area contributed by atoms with Gasteiger partial charge in [0.15, 0.2) is 5.96 Å². The number of rotatable bonds is 31. The summed E-state index contributed by atoms with van der Waals surface area (Å²) in [7, 11) is 0. The number of aliphatic hydroxyl groups is 2. The average Bonchev–Trinajstić information content (AvgIpc) is 4.00. The van der Waals surface area contributed by atoms with Gasteiger partial charge in [-0.2, -0.15) is 0 Å². The highest BCUT2D eigenvalue weighted by molar-refractivity contribution is 5.98. The Morgan fingerprint density at radius 3 is 1.91 bits per heavy atom. The van der Waals surface area contributed by atoms with Crippen LogP contribution >= 0.6 is 0 Å². The number of guanidine groups is 1. The molecule has 19 N–H and O–H groups in total. The van der Waals surface area contributed by atoms with Crippen molar-refractivity contribution in [3.63, 3.8) is 0 Å². The molecule has 2 aromatic rings. The number of fused-ring (bicyclic) bond motifs is 1. The highest BCUT2D eigenvalue weighted by Gasteiger charge is 2.41. The first-order chi connectivity index (χ1) is 35.7. The number of nitrogens with two attached hydrogens (primary N) is 4. The number of para-hydroxylation sites is 1. The number of H-pyrrole nitrogens is 1. The van der Waals surface area contributed by atoms with Crippen LogP contribution in [0.2, 0.25) is 0 Å². The van der Waals surface area contributed by atoms with Crippen LogP contribution in [0.4, 0.5) is 0 Å². The maximum atomic E-state index is 14.6. The second-order valence-electron chi connectivity index (χ2n) is 19.9. The van der Waals surface area contributed by atoms with E-state index in [1.165, 1.54) is 18.7 Å². The summed E-state index contributed by atoms with van der Waals surface area (Å²) in [5.74, 6) is -9.44. The lowest BCUT2D eigenvalue weighted by molar-refractivity contribution is -0.143. The number of hydrogen-bond donors (Lipinski definition) is 15. The molecule has 0 spiro atoms. The summed E-state index contributed by atoms with van der Waals surface area (Å²) in [4.78, 5) is 142. The molecular formula is C49H78N14O13.